The van der Waals surface area contributed by atoms with Gasteiger partial charge in [0.15, 0.2) is 0 Å². The van der Waals surface area contributed by atoms with Crippen molar-refractivity contribution in [3.8, 4) is 11.5 Å². The largest absolute Gasteiger partial charge is 0.497 e. The predicted molar refractivity (Wildman–Crippen MR) is 87.8 cm³/mol. The number of hydrogen-bond acceptors (Lipinski definition) is 5. The van der Waals surface area contributed by atoms with Gasteiger partial charge in [0.1, 0.15) is 24.7 Å². The summed E-state index contributed by atoms with van der Waals surface area (Å²) in [6.45, 7) is 0.452. The highest BCUT2D eigenvalue weighted by atomic mass is 16.5. The number of nitrogens with zero attached hydrogens (tertiary/aromatic N) is 1. The van der Waals surface area contributed by atoms with E-state index in [0.717, 1.165) is 11.3 Å². The normalized spacial score (nSPS) is 14.0. The molecule has 0 aromatic heterocycles. The highest BCUT2D eigenvalue weighted by molar-refractivity contribution is 6.00. The molecule has 0 bridgehead atoms. The average Bonchev–Trinajstić information content (AvgIpc) is 2.60. The van der Waals surface area contributed by atoms with Crippen molar-refractivity contribution in [1.82, 2.24) is 10.7 Å². The number of hydrazine groups is 1. The number of imide groups is 1. The van der Waals surface area contributed by atoms with Crippen LogP contribution in [0.3, 0.4) is 0 Å². The van der Waals surface area contributed by atoms with Gasteiger partial charge in [-0.05, 0) is 29.8 Å². The molecule has 7 nitrogen and oxygen atoms in total. The molecule has 1 aliphatic heterocycles. The number of nitrogens with one attached hydrogen (secondary N) is 2. The number of rotatable bonds is 5. The van der Waals surface area contributed by atoms with E-state index in [4.69, 9.17) is 9.47 Å². The Kier molecular flexibility index (Phi) is 4.51. The first-order valence-corrected chi connectivity index (χ1v) is 7.38. The van der Waals surface area contributed by atoms with E-state index in [0.29, 0.717) is 18.0 Å². The number of ether oxygens (including phenoxy) is 2. The first kappa shape index (κ1) is 15.7. The molecular formula is C17H17N3O4. The number of carbonyl (C=O) groups excluding carboxylic acids is 2. The molecule has 24 heavy (non-hydrogen) atoms. The molecule has 1 aliphatic rings. The molecule has 1 saturated heterocycles. The Balaban J connectivity index is 1.66. The highest BCUT2D eigenvalue weighted by Gasteiger charge is 2.22. The van der Waals surface area contributed by atoms with E-state index in [1.54, 1.807) is 25.3 Å². The maximum atomic E-state index is 11.5. The molecule has 7 heteroatoms. The van der Waals surface area contributed by atoms with Crippen molar-refractivity contribution in [1.29, 1.82) is 0 Å². The van der Waals surface area contributed by atoms with Crippen LogP contribution in [0, 0.1) is 0 Å². The Morgan fingerprint density at radius 2 is 1.88 bits per heavy atom. The molecule has 0 aliphatic carbocycles. The van der Waals surface area contributed by atoms with Gasteiger partial charge in [0.2, 0.25) is 5.91 Å². The summed E-state index contributed by atoms with van der Waals surface area (Å²) in [5.74, 6) is 1.08. The highest BCUT2D eigenvalue weighted by Crippen LogP contribution is 2.22. The zero-order valence-electron chi connectivity index (χ0n) is 13.1. The van der Waals surface area contributed by atoms with Gasteiger partial charge in [-0.25, -0.2) is 10.2 Å². The van der Waals surface area contributed by atoms with Crippen LogP contribution in [0.5, 0.6) is 11.5 Å². The summed E-state index contributed by atoms with van der Waals surface area (Å²) < 4.78 is 10.9. The van der Waals surface area contributed by atoms with Crippen LogP contribution in [0.25, 0.3) is 0 Å². The second kappa shape index (κ2) is 6.91. The number of benzene rings is 2. The Bertz CT molecular complexity index is 730. The summed E-state index contributed by atoms with van der Waals surface area (Å²) >= 11 is 0. The summed E-state index contributed by atoms with van der Waals surface area (Å²) in [5.41, 5.74) is 4.25. The van der Waals surface area contributed by atoms with Gasteiger partial charge in [-0.1, -0.05) is 18.2 Å². The van der Waals surface area contributed by atoms with E-state index >= 15 is 0 Å². The minimum atomic E-state index is -0.546. The van der Waals surface area contributed by atoms with Crippen molar-refractivity contribution in [3.05, 3.63) is 54.1 Å². The maximum absolute atomic E-state index is 11.5. The lowest BCUT2D eigenvalue weighted by molar-refractivity contribution is -0.119. The van der Waals surface area contributed by atoms with Crippen LogP contribution in [-0.4, -0.2) is 25.6 Å². The van der Waals surface area contributed by atoms with Crippen LogP contribution >= 0.6 is 0 Å². The second-order valence-electron chi connectivity index (χ2n) is 5.21. The van der Waals surface area contributed by atoms with Gasteiger partial charge in [0.05, 0.1) is 12.8 Å². The van der Waals surface area contributed by atoms with Gasteiger partial charge in [0.25, 0.3) is 0 Å². The first-order valence-electron chi connectivity index (χ1n) is 7.38. The van der Waals surface area contributed by atoms with Gasteiger partial charge < -0.3 is 9.47 Å². The van der Waals surface area contributed by atoms with Gasteiger partial charge in [-0.15, -0.1) is 0 Å². The molecule has 0 atom stereocenters. The lowest BCUT2D eigenvalue weighted by Crippen LogP contribution is -2.59. The van der Waals surface area contributed by atoms with Crippen molar-refractivity contribution in [2.45, 2.75) is 6.61 Å². The lowest BCUT2D eigenvalue weighted by Gasteiger charge is -2.28. The smallest absolute Gasteiger partial charge is 0.340 e. The van der Waals surface area contributed by atoms with E-state index < -0.39 is 6.03 Å². The standard InChI is InChI=1S/C17H17N3O4/c1-23-14-7-5-12(6-8-14)11-24-15-4-2-3-13(9-15)20-10-16(21)18-17(22)19-20/h2-9H,10-11H2,1H3,(H2,18,19,21,22). The van der Waals surface area contributed by atoms with E-state index in [9.17, 15) is 9.59 Å². The number of carbonyl (C=O) groups is 2. The molecule has 1 fully saturated rings. The molecule has 0 saturated carbocycles. The van der Waals surface area contributed by atoms with E-state index in [1.807, 2.05) is 30.3 Å². The molecular weight excluding hydrogens is 310 g/mol. The van der Waals surface area contributed by atoms with Crippen LogP contribution in [-0.2, 0) is 11.4 Å². The van der Waals surface area contributed by atoms with E-state index in [2.05, 4.69) is 10.7 Å². The fourth-order valence-electron chi connectivity index (χ4n) is 2.29. The molecule has 3 rings (SSSR count). The Labute approximate surface area is 139 Å². The molecule has 2 N–H and O–H groups in total. The first-order chi connectivity index (χ1) is 11.6. The maximum Gasteiger partial charge on any atom is 0.340 e. The molecule has 3 amide bonds. The average molecular weight is 327 g/mol. The van der Waals surface area contributed by atoms with Crippen LogP contribution in [0.15, 0.2) is 48.5 Å². The molecule has 0 radical (unpaired) electrons. The van der Waals surface area contributed by atoms with Crippen LogP contribution in [0.2, 0.25) is 0 Å². The topological polar surface area (TPSA) is 79.9 Å². The number of hydrogen-bond donors (Lipinski definition) is 2. The molecule has 0 unspecified atom stereocenters. The SMILES string of the molecule is COc1ccc(COc2cccc(N3CC(=O)NC(=O)N3)c2)cc1. The monoisotopic (exact) mass is 327 g/mol. The molecule has 0 spiro atoms. The predicted octanol–water partition coefficient (Wildman–Crippen LogP) is 1.83. The quantitative estimate of drug-likeness (QED) is 0.876. The fourth-order valence-corrected chi connectivity index (χ4v) is 2.29. The minimum absolute atomic E-state index is 0.0493. The summed E-state index contributed by atoms with van der Waals surface area (Å²) in [4.78, 5) is 22.8. The molecule has 124 valence electrons. The minimum Gasteiger partial charge on any atom is -0.497 e. The molecule has 2 aromatic rings. The van der Waals surface area contributed by atoms with Gasteiger partial charge in [0, 0.05) is 6.07 Å². The van der Waals surface area contributed by atoms with Gasteiger partial charge in [-0.3, -0.25) is 15.1 Å². The summed E-state index contributed by atoms with van der Waals surface area (Å²) in [6, 6.07) is 14.2. The second-order valence-corrected chi connectivity index (χ2v) is 5.21. The van der Waals surface area contributed by atoms with E-state index in [-0.39, 0.29) is 12.5 Å². The summed E-state index contributed by atoms with van der Waals surface area (Å²) in [7, 11) is 1.62. The molecule has 1 heterocycles. The van der Waals surface area contributed by atoms with Crippen molar-refractivity contribution in [3.63, 3.8) is 0 Å². The van der Waals surface area contributed by atoms with Gasteiger partial charge >= 0.3 is 6.03 Å². The number of anilines is 1. The van der Waals surface area contributed by atoms with E-state index in [1.165, 1.54) is 5.01 Å². The third-order valence-corrected chi connectivity index (χ3v) is 3.49. The Morgan fingerprint density at radius 3 is 2.58 bits per heavy atom. The zero-order chi connectivity index (χ0) is 16.9. The lowest BCUT2D eigenvalue weighted by atomic mass is 10.2. The summed E-state index contributed by atoms with van der Waals surface area (Å²) in [5, 5.41) is 3.65. The molecule has 2 aromatic carbocycles. The zero-order valence-corrected chi connectivity index (χ0v) is 13.1. The van der Waals surface area contributed by atoms with Crippen LogP contribution in [0.1, 0.15) is 5.56 Å². The van der Waals surface area contributed by atoms with Crippen LogP contribution < -0.4 is 25.2 Å². The number of urea groups is 1. The fraction of sp³-hybridized carbons (Fsp3) is 0.176. The van der Waals surface area contributed by atoms with Gasteiger partial charge in [-0.2, -0.15) is 0 Å². The van der Waals surface area contributed by atoms with Crippen molar-refractivity contribution in [2.24, 2.45) is 0 Å². The van der Waals surface area contributed by atoms with Crippen molar-refractivity contribution >= 4 is 17.6 Å². The number of methoxy groups -OCH3 is 1. The number of amides is 3. The van der Waals surface area contributed by atoms with Crippen LogP contribution in [0.4, 0.5) is 10.5 Å². The summed E-state index contributed by atoms with van der Waals surface area (Å²) in [6.07, 6.45) is 0. The Hall–Kier alpha value is -3.22. The van der Waals surface area contributed by atoms with Crippen molar-refractivity contribution < 1.29 is 19.1 Å². The Morgan fingerprint density at radius 1 is 1.08 bits per heavy atom. The third-order valence-electron chi connectivity index (χ3n) is 3.49. The third kappa shape index (κ3) is 3.75. The van der Waals surface area contributed by atoms with Crippen molar-refractivity contribution in [2.75, 3.05) is 18.7 Å².